The number of nitrogens with one attached hydrogen (secondary N) is 3. The average molecular weight is 493 g/mol. The number of carbonyl (C=O) groups excluding carboxylic acids is 1. The molecule has 2 aliphatic heterocycles. The van der Waals surface area contributed by atoms with E-state index in [0.29, 0.717) is 34.9 Å². The number of methoxy groups -OCH3 is 1. The van der Waals surface area contributed by atoms with Crippen LogP contribution in [0.3, 0.4) is 0 Å². The Balaban J connectivity index is 1.46. The van der Waals surface area contributed by atoms with Crippen molar-refractivity contribution in [2.45, 2.75) is 25.3 Å². The van der Waals surface area contributed by atoms with E-state index < -0.39 is 0 Å². The fraction of sp³-hybridized carbons (Fsp3) is 0.500. The van der Waals surface area contributed by atoms with Gasteiger partial charge in [0.1, 0.15) is 5.82 Å². The molecule has 1 amide bonds. The molecule has 178 valence electrons. The van der Waals surface area contributed by atoms with Crippen molar-refractivity contribution in [3.8, 4) is 11.1 Å². The third-order valence-electron chi connectivity index (χ3n) is 6.26. The molecule has 0 unspecified atom stereocenters. The van der Waals surface area contributed by atoms with Crippen LogP contribution in [0.4, 0.5) is 11.5 Å². The van der Waals surface area contributed by atoms with E-state index in [0.717, 1.165) is 55.8 Å². The van der Waals surface area contributed by atoms with E-state index in [1.54, 1.807) is 19.4 Å². The predicted octanol–water partition coefficient (Wildman–Crippen LogP) is 4.46. The summed E-state index contributed by atoms with van der Waals surface area (Å²) in [6, 6.07) is 7.78. The summed E-state index contributed by atoms with van der Waals surface area (Å²) < 4.78 is 10.6. The molecule has 0 saturated carbocycles. The zero-order valence-corrected chi connectivity index (χ0v) is 20.2. The van der Waals surface area contributed by atoms with Crippen molar-refractivity contribution in [2.24, 2.45) is 11.8 Å². The predicted molar refractivity (Wildman–Crippen MR) is 132 cm³/mol. The van der Waals surface area contributed by atoms with Crippen molar-refractivity contribution in [3.05, 3.63) is 40.5 Å². The number of hydrogen-bond acceptors (Lipinski definition) is 6. The lowest BCUT2D eigenvalue weighted by atomic mass is 10.00. The first-order chi connectivity index (χ1) is 16.0. The van der Waals surface area contributed by atoms with E-state index in [4.69, 9.17) is 32.7 Å². The summed E-state index contributed by atoms with van der Waals surface area (Å²) in [5.41, 5.74) is 2.49. The van der Waals surface area contributed by atoms with Crippen molar-refractivity contribution >= 4 is 40.6 Å². The highest BCUT2D eigenvalue weighted by Gasteiger charge is 2.29. The van der Waals surface area contributed by atoms with Gasteiger partial charge in [-0.05, 0) is 49.4 Å². The number of pyridine rings is 1. The Bertz CT molecular complexity index is 969. The monoisotopic (exact) mass is 492 g/mol. The first kappa shape index (κ1) is 24.2. The standard InChI is InChI=1S/C24H30Cl2N4O3/c1-32-14-18-8-16(12-28-18)24(31)30-23-10-20(22(26)13-29-23)19-9-17(2-3-21(19)25)27-11-15-4-6-33-7-5-15/h2-3,9-10,13,15-16,18,27-28H,4-8,11-12,14H2,1H3,(H,29,30,31)/t16-,18-/m1/s1. The molecule has 3 heterocycles. The van der Waals surface area contributed by atoms with E-state index in [9.17, 15) is 4.79 Å². The van der Waals surface area contributed by atoms with Crippen molar-refractivity contribution < 1.29 is 14.3 Å². The van der Waals surface area contributed by atoms with Crippen molar-refractivity contribution in [2.75, 3.05) is 50.7 Å². The van der Waals surface area contributed by atoms with Crippen LogP contribution in [0, 0.1) is 11.8 Å². The fourth-order valence-corrected chi connectivity index (χ4v) is 4.77. The minimum absolute atomic E-state index is 0.0696. The van der Waals surface area contributed by atoms with Gasteiger partial charge in [0.05, 0.1) is 17.5 Å². The van der Waals surface area contributed by atoms with Crippen LogP contribution < -0.4 is 16.0 Å². The molecular formula is C24H30Cl2N4O3. The van der Waals surface area contributed by atoms with E-state index in [-0.39, 0.29) is 17.9 Å². The van der Waals surface area contributed by atoms with Crippen LogP contribution in [-0.2, 0) is 14.3 Å². The molecule has 33 heavy (non-hydrogen) atoms. The van der Waals surface area contributed by atoms with Crippen LogP contribution in [0.25, 0.3) is 11.1 Å². The molecule has 3 N–H and O–H groups in total. The normalized spacial score (nSPS) is 21.2. The molecule has 7 nitrogen and oxygen atoms in total. The zero-order valence-electron chi connectivity index (χ0n) is 18.7. The summed E-state index contributed by atoms with van der Waals surface area (Å²) in [6.07, 6.45) is 4.41. The summed E-state index contributed by atoms with van der Waals surface area (Å²) in [5, 5.41) is 10.8. The number of nitrogens with zero attached hydrogens (tertiary/aromatic N) is 1. The van der Waals surface area contributed by atoms with Gasteiger partial charge in [0.25, 0.3) is 0 Å². The van der Waals surface area contributed by atoms with Crippen LogP contribution in [0.1, 0.15) is 19.3 Å². The fourth-order valence-electron chi connectivity index (χ4n) is 4.34. The van der Waals surface area contributed by atoms with Gasteiger partial charge in [0.15, 0.2) is 0 Å². The second kappa shape index (κ2) is 11.5. The smallest absolute Gasteiger partial charge is 0.229 e. The third-order valence-corrected chi connectivity index (χ3v) is 6.89. The molecule has 0 spiro atoms. The molecule has 2 aromatic rings. The molecule has 9 heteroatoms. The van der Waals surface area contributed by atoms with Crippen LogP contribution in [-0.4, -0.2) is 57.0 Å². The Kier molecular flexibility index (Phi) is 8.44. The maximum Gasteiger partial charge on any atom is 0.229 e. The molecule has 2 atom stereocenters. The molecule has 2 aliphatic rings. The molecule has 2 fully saturated rings. The number of rotatable bonds is 8. The lowest BCUT2D eigenvalue weighted by molar-refractivity contribution is -0.119. The highest BCUT2D eigenvalue weighted by molar-refractivity contribution is 6.36. The molecule has 1 aromatic heterocycles. The van der Waals surface area contributed by atoms with E-state index in [1.807, 2.05) is 18.2 Å². The minimum atomic E-state index is -0.132. The average Bonchev–Trinajstić information content (AvgIpc) is 3.30. The number of amides is 1. The van der Waals surface area contributed by atoms with Gasteiger partial charge in [0, 0.05) is 67.5 Å². The molecule has 0 radical (unpaired) electrons. The summed E-state index contributed by atoms with van der Waals surface area (Å²) in [4.78, 5) is 17.0. The first-order valence-electron chi connectivity index (χ1n) is 11.3. The molecule has 0 aliphatic carbocycles. The highest BCUT2D eigenvalue weighted by Crippen LogP contribution is 2.36. The maximum atomic E-state index is 12.7. The topological polar surface area (TPSA) is 84.5 Å². The second-order valence-electron chi connectivity index (χ2n) is 8.66. The number of aromatic nitrogens is 1. The van der Waals surface area contributed by atoms with Gasteiger partial charge < -0.3 is 25.4 Å². The Labute approximate surface area is 204 Å². The quantitative estimate of drug-likeness (QED) is 0.504. The first-order valence-corrected chi connectivity index (χ1v) is 12.1. The van der Waals surface area contributed by atoms with E-state index in [1.165, 1.54) is 0 Å². The van der Waals surface area contributed by atoms with Gasteiger partial charge in [-0.15, -0.1) is 0 Å². The highest BCUT2D eigenvalue weighted by atomic mass is 35.5. The number of hydrogen-bond donors (Lipinski definition) is 3. The maximum absolute atomic E-state index is 12.7. The summed E-state index contributed by atoms with van der Waals surface area (Å²) in [7, 11) is 1.66. The van der Waals surface area contributed by atoms with E-state index >= 15 is 0 Å². The van der Waals surface area contributed by atoms with Gasteiger partial charge in [-0.25, -0.2) is 4.98 Å². The van der Waals surface area contributed by atoms with Gasteiger partial charge in [0.2, 0.25) is 5.91 Å². The van der Waals surface area contributed by atoms with E-state index in [2.05, 4.69) is 20.9 Å². The van der Waals surface area contributed by atoms with Gasteiger partial charge >= 0.3 is 0 Å². The number of carbonyl (C=O) groups is 1. The van der Waals surface area contributed by atoms with Crippen LogP contribution in [0.5, 0.6) is 0 Å². The van der Waals surface area contributed by atoms with Crippen LogP contribution in [0.2, 0.25) is 10.0 Å². The molecule has 0 bridgehead atoms. The minimum Gasteiger partial charge on any atom is -0.385 e. The SMILES string of the molecule is COC[C@H]1C[C@@H](C(=O)Nc2cc(-c3cc(NCC4CCOCC4)ccc3Cl)c(Cl)cn2)CN1. The Hall–Kier alpha value is -1.90. The van der Waals surface area contributed by atoms with Gasteiger partial charge in [-0.3, -0.25) is 4.79 Å². The third kappa shape index (κ3) is 6.37. The number of ether oxygens (including phenoxy) is 2. The second-order valence-corrected chi connectivity index (χ2v) is 9.48. The van der Waals surface area contributed by atoms with Crippen molar-refractivity contribution in [1.29, 1.82) is 0 Å². The van der Waals surface area contributed by atoms with Crippen LogP contribution in [0.15, 0.2) is 30.5 Å². The van der Waals surface area contributed by atoms with Crippen molar-refractivity contribution in [3.63, 3.8) is 0 Å². The largest absolute Gasteiger partial charge is 0.385 e. The number of halogens is 2. The summed E-state index contributed by atoms with van der Waals surface area (Å²) in [5.74, 6) is 0.844. The Morgan fingerprint density at radius 2 is 2.00 bits per heavy atom. The van der Waals surface area contributed by atoms with Crippen LogP contribution >= 0.6 is 23.2 Å². The molecule has 1 aromatic carbocycles. The summed E-state index contributed by atoms with van der Waals surface area (Å²) >= 11 is 13.0. The zero-order chi connectivity index (χ0) is 23.2. The number of anilines is 2. The molecule has 4 rings (SSSR count). The lowest BCUT2D eigenvalue weighted by Gasteiger charge is -2.23. The van der Waals surface area contributed by atoms with Crippen molar-refractivity contribution in [1.82, 2.24) is 10.3 Å². The molecular weight excluding hydrogens is 463 g/mol. The Morgan fingerprint density at radius 1 is 1.21 bits per heavy atom. The Morgan fingerprint density at radius 3 is 2.79 bits per heavy atom. The number of benzene rings is 1. The van der Waals surface area contributed by atoms with Gasteiger partial charge in [-0.1, -0.05) is 23.2 Å². The lowest BCUT2D eigenvalue weighted by Crippen LogP contribution is -2.26. The van der Waals surface area contributed by atoms with Gasteiger partial charge in [-0.2, -0.15) is 0 Å². The molecule has 2 saturated heterocycles. The summed E-state index contributed by atoms with van der Waals surface area (Å²) in [6.45, 7) is 3.74.